The van der Waals surface area contributed by atoms with E-state index in [1.54, 1.807) is 14.2 Å². The van der Waals surface area contributed by atoms with E-state index >= 15 is 0 Å². The number of hydrogen-bond donors (Lipinski definition) is 2. The third kappa shape index (κ3) is 6.37. The summed E-state index contributed by atoms with van der Waals surface area (Å²) in [4.78, 5) is 8.70. The molecule has 0 aliphatic rings. The first-order chi connectivity index (χ1) is 9.99. The van der Waals surface area contributed by atoms with E-state index in [1.807, 2.05) is 20.0 Å². The van der Waals surface area contributed by atoms with Crippen molar-refractivity contribution in [3.8, 4) is 5.75 Å². The molecular formula is C16H29IN4O. The molecule has 0 atom stereocenters. The summed E-state index contributed by atoms with van der Waals surface area (Å²) in [6.07, 6.45) is 2.97. The van der Waals surface area contributed by atoms with Crippen molar-refractivity contribution in [3.05, 3.63) is 23.0 Å². The number of nitrogens with zero attached hydrogens (tertiary/aromatic N) is 2. The number of aryl methyl sites for hydroxylation is 1. The van der Waals surface area contributed by atoms with Crippen LogP contribution in [0.2, 0.25) is 0 Å². The molecule has 0 aliphatic carbocycles. The lowest BCUT2D eigenvalue weighted by atomic mass is 10.1. The van der Waals surface area contributed by atoms with E-state index < -0.39 is 0 Å². The fourth-order valence-electron chi connectivity index (χ4n) is 2.12. The van der Waals surface area contributed by atoms with Crippen molar-refractivity contribution in [2.75, 3.05) is 20.7 Å². The smallest absolute Gasteiger partial charge is 0.191 e. The predicted molar refractivity (Wildman–Crippen MR) is 103 cm³/mol. The van der Waals surface area contributed by atoms with Crippen molar-refractivity contribution in [2.45, 2.75) is 40.7 Å². The van der Waals surface area contributed by atoms with E-state index in [9.17, 15) is 0 Å². The Bertz CT molecular complexity index is 489. The summed E-state index contributed by atoms with van der Waals surface area (Å²) in [5.41, 5.74) is 3.10. The summed E-state index contributed by atoms with van der Waals surface area (Å²) in [5, 5.41) is 6.60. The molecule has 0 radical (unpaired) electrons. The quantitative estimate of drug-likeness (QED) is 0.422. The van der Waals surface area contributed by atoms with Crippen LogP contribution in [0.3, 0.4) is 0 Å². The zero-order chi connectivity index (χ0) is 15.8. The van der Waals surface area contributed by atoms with Gasteiger partial charge in [-0.05, 0) is 26.2 Å². The molecule has 1 aromatic rings. The molecule has 1 heterocycles. The fourth-order valence-corrected chi connectivity index (χ4v) is 2.12. The van der Waals surface area contributed by atoms with E-state index in [0.717, 1.165) is 41.5 Å². The van der Waals surface area contributed by atoms with Crippen LogP contribution in [0, 0.1) is 19.8 Å². The SMILES string of the molecule is CN=C(NCCC(C)C)NCc1ncc(C)c(OC)c1C.I. The van der Waals surface area contributed by atoms with Crippen LogP contribution < -0.4 is 15.4 Å². The molecule has 0 saturated carbocycles. The number of aliphatic imine (C=N–C) groups is 1. The average Bonchev–Trinajstić information content (AvgIpc) is 2.44. The number of guanidine groups is 1. The molecule has 0 unspecified atom stereocenters. The second-order valence-electron chi connectivity index (χ2n) is 5.58. The van der Waals surface area contributed by atoms with Gasteiger partial charge in [0.1, 0.15) is 5.75 Å². The number of halogens is 1. The maximum atomic E-state index is 5.43. The van der Waals surface area contributed by atoms with Gasteiger partial charge in [-0.25, -0.2) is 0 Å². The number of ether oxygens (including phenoxy) is 1. The number of hydrogen-bond acceptors (Lipinski definition) is 3. The summed E-state index contributed by atoms with van der Waals surface area (Å²) in [6.45, 7) is 10.0. The Balaban J connectivity index is 0.00000441. The summed E-state index contributed by atoms with van der Waals surface area (Å²) in [7, 11) is 3.47. The summed E-state index contributed by atoms with van der Waals surface area (Å²) >= 11 is 0. The van der Waals surface area contributed by atoms with Crippen molar-refractivity contribution in [3.63, 3.8) is 0 Å². The van der Waals surface area contributed by atoms with Gasteiger partial charge in [-0.1, -0.05) is 13.8 Å². The minimum atomic E-state index is 0. The number of rotatable bonds is 6. The third-order valence-electron chi connectivity index (χ3n) is 3.41. The van der Waals surface area contributed by atoms with Crippen LogP contribution in [0.25, 0.3) is 0 Å². The molecule has 6 heteroatoms. The first-order valence-electron chi connectivity index (χ1n) is 7.43. The lowest BCUT2D eigenvalue weighted by Gasteiger charge is -2.15. The largest absolute Gasteiger partial charge is 0.496 e. The molecule has 0 aliphatic heterocycles. The number of pyridine rings is 1. The van der Waals surface area contributed by atoms with Crippen molar-refractivity contribution in [2.24, 2.45) is 10.9 Å². The highest BCUT2D eigenvalue weighted by atomic mass is 127. The Morgan fingerprint density at radius 2 is 2.00 bits per heavy atom. The molecule has 126 valence electrons. The molecule has 5 nitrogen and oxygen atoms in total. The van der Waals surface area contributed by atoms with E-state index in [1.165, 1.54) is 0 Å². The molecule has 22 heavy (non-hydrogen) atoms. The lowest BCUT2D eigenvalue weighted by Crippen LogP contribution is -2.38. The molecule has 2 N–H and O–H groups in total. The van der Waals surface area contributed by atoms with Crippen LogP contribution in [-0.4, -0.2) is 31.6 Å². The van der Waals surface area contributed by atoms with Crippen molar-refractivity contribution in [1.29, 1.82) is 0 Å². The molecule has 1 aromatic heterocycles. The van der Waals surface area contributed by atoms with Gasteiger partial charge in [0, 0.05) is 30.9 Å². The van der Waals surface area contributed by atoms with Gasteiger partial charge in [0.2, 0.25) is 0 Å². The number of aromatic nitrogens is 1. The molecule has 0 aromatic carbocycles. The monoisotopic (exact) mass is 420 g/mol. The predicted octanol–water partition coefficient (Wildman–Crippen LogP) is 3.04. The lowest BCUT2D eigenvalue weighted by molar-refractivity contribution is 0.406. The normalized spacial score (nSPS) is 11.1. The van der Waals surface area contributed by atoms with E-state index in [4.69, 9.17) is 4.74 Å². The van der Waals surface area contributed by atoms with Crippen LogP contribution in [0.4, 0.5) is 0 Å². The zero-order valence-electron chi connectivity index (χ0n) is 14.5. The van der Waals surface area contributed by atoms with E-state index in [2.05, 4.69) is 34.5 Å². The Labute approximate surface area is 151 Å². The first kappa shape index (κ1) is 20.9. The van der Waals surface area contributed by atoms with Gasteiger partial charge in [-0.15, -0.1) is 24.0 Å². The minimum Gasteiger partial charge on any atom is -0.496 e. The summed E-state index contributed by atoms with van der Waals surface area (Å²) in [5.74, 6) is 2.39. The van der Waals surface area contributed by atoms with E-state index in [0.29, 0.717) is 12.5 Å². The Morgan fingerprint density at radius 1 is 1.32 bits per heavy atom. The molecule has 0 spiro atoms. The van der Waals surface area contributed by atoms with Crippen LogP contribution in [0.1, 0.15) is 37.1 Å². The van der Waals surface area contributed by atoms with Crippen molar-refractivity contribution < 1.29 is 4.74 Å². The highest BCUT2D eigenvalue weighted by molar-refractivity contribution is 14.0. The fraction of sp³-hybridized carbons (Fsp3) is 0.625. The minimum absolute atomic E-state index is 0. The first-order valence-corrected chi connectivity index (χ1v) is 7.43. The Hall–Kier alpha value is -1.05. The summed E-state index contributed by atoms with van der Waals surface area (Å²) in [6, 6.07) is 0. The molecule has 0 fully saturated rings. The molecule has 0 saturated heterocycles. The van der Waals surface area contributed by atoms with Crippen LogP contribution in [0.15, 0.2) is 11.2 Å². The van der Waals surface area contributed by atoms with Gasteiger partial charge in [-0.2, -0.15) is 0 Å². The topological polar surface area (TPSA) is 58.5 Å². The van der Waals surface area contributed by atoms with Gasteiger partial charge in [0.25, 0.3) is 0 Å². The molecule has 0 amide bonds. The molecule has 1 rings (SSSR count). The van der Waals surface area contributed by atoms with Gasteiger partial charge >= 0.3 is 0 Å². The van der Waals surface area contributed by atoms with Gasteiger partial charge < -0.3 is 15.4 Å². The second kappa shape index (κ2) is 10.6. The summed E-state index contributed by atoms with van der Waals surface area (Å²) < 4.78 is 5.43. The maximum Gasteiger partial charge on any atom is 0.191 e. The highest BCUT2D eigenvalue weighted by Crippen LogP contribution is 2.23. The molecular weight excluding hydrogens is 391 g/mol. The Kier molecular flexibility index (Phi) is 10.1. The second-order valence-corrected chi connectivity index (χ2v) is 5.58. The van der Waals surface area contributed by atoms with Crippen LogP contribution in [-0.2, 0) is 6.54 Å². The highest BCUT2D eigenvalue weighted by Gasteiger charge is 2.09. The van der Waals surface area contributed by atoms with Crippen LogP contribution >= 0.6 is 24.0 Å². The maximum absolute atomic E-state index is 5.43. The number of methoxy groups -OCH3 is 1. The Morgan fingerprint density at radius 3 is 2.55 bits per heavy atom. The average molecular weight is 420 g/mol. The zero-order valence-corrected chi connectivity index (χ0v) is 16.8. The van der Waals surface area contributed by atoms with Gasteiger partial charge in [0.15, 0.2) is 5.96 Å². The van der Waals surface area contributed by atoms with Crippen molar-refractivity contribution >= 4 is 29.9 Å². The van der Waals surface area contributed by atoms with E-state index in [-0.39, 0.29) is 24.0 Å². The number of nitrogens with one attached hydrogen (secondary N) is 2. The van der Waals surface area contributed by atoms with Gasteiger partial charge in [0.05, 0.1) is 19.3 Å². The standard InChI is InChI=1S/C16H28N4O.HI/c1-11(2)7-8-18-16(17-5)20-10-14-13(4)15(21-6)12(3)9-19-14;/h9,11H,7-8,10H2,1-6H3,(H2,17,18,20);1H. The van der Waals surface area contributed by atoms with Crippen molar-refractivity contribution in [1.82, 2.24) is 15.6 Å². The van der Waals surface area contributed by atoms with Crippen LogP contribution in [0.5, 0.6) is 5.75 Å². The third-order valence-corrected chi connectivity index (χ3v) is 3.41. The van der Waals surface area contributed by atoms with Gasteiger partial charge in [-0.3, -0.25) is 9.98 Å². The molecule has 0 bridgehead atoms.